The molecule has 15 rings (SSSR count). The van der Waals surface area contributed by atoms with Crippen molar-refractivity contribution in [1.82, 2.24) is 86.2 Å². The highest BCUT2D eigenvalue weighted by Crippen LogP contribution is 2.46. The van der Waals surface area contributed by atoms with Crippen molar-refractivity contribution in [3.8, 4) is 5.75 Å². The highest BCUT2D eigenvalue weighted by molar-refractivity contribution is 6.20. The largest absolute Gasteiger partial charge is 0.507 e. The molecule has 0 saturated heterocycles. The van der Waals surface area contributed by atoms with Gasteiger partial charge in [-0.05, 0) is 94.6 Å². The number of hydrogen-bond donors (Lipinski definition) is 10. The lowest BCUT2D eigenvalue weighted by Crippen LogP contribution is -2.30. The Kier molecular flexibility index (Phi) is 27.7. The summed E-state index contributed by atoms with van der Waals surface area (Å²) in [4.78, 5) is 226. The van der Waals surface area contributed by atoms with Crippen LogP contribution in [0, 0.1) is 0 Å². The first-order valence-corrected chi connectivity index (χ1v) is 44.1. The van der Waals surface area contributed by atoms with Crippen molar-refractivity contribution in [2.45, 2.75) is 83.5 Å². The number of anilines is 7. The van der Waals surface area contributed by atoms with Crippen molar-refractivity contribution >= 4 is 161 Å². The van der Waals surface area contributed by atoms with Crippen molar-refractivity contribution in [3.05, 3.63) is 244 Å². The zero-order chi connectivity index (χ0) is 97.8. The highest BCUT2D eigenvalue weighted by atomic mass is 35.5. The predicted molar refractivity (Wildman–Crippen MR) is 505 cm³/mol. The topological polar surface area (TPSA) is 505 Å². The van der Waals surface area contributed by atoms with Crippen LogP contribution in [0.25, 0.3) is 21.7 Å². The molecular formula is C95H98ClN25O16. The Balaban J connectivity index is 0.445. The zero-order valence-corrected chi connectivity index (χ0v) is 77.4. The molecule has 1 atom stereocenters. The van der Waals surface area contributed by atoms with Crippen LogP contribution in [0.15, 0.2) is 147 Å². The van der Waals surface area contributed by atoms with E-state index in [2.05, 4.69) is 72.4 Å². The molecule has 1 unspecified atom stereocenters. The summed E-state index contributed by atoms with van der Waals surface area (Å²) in [5, 5.41) is 34.3. The first-order chi connectivity index (χ1) is 65.3. The molecule has 0 fully saturated rings. The van der Waals surface area contributed by atoms with Gasteiger partial charge in [0.1, 0.15) is 34.4 Å². The molecule has 14 aromatic rings. The average molecular weight is 1880 g/mol. The number of hydrogen-bond acceptors (Lipinski definition) is 21. The number of imidazole rings is 5. The maximum atomic E-state index is 14.1. The number of nitrogens with zero attached hydrogens (tertiary/aromatic N) is 16. The van der Waals surface area contributed by atoms with E-state index in [9.17, 15) is 77.0 Å². The smallest absolute Gasteiger partial charge is 0.292 e. The van der Waals surface area contributed by atoms with Crippen LogP contribution >= 0.6 is 11.6 Å². The maximum absolute atomic E-state index is 14.1. The van der Waals surface area contributed by atoms with Crippen LogP contribution in [0.3, 0.4) is 0 Å². The summed E-state index contributed by atoms with van der Waals surface area (Å²) in [6.45, 7) is 1.68. The fourth-order valence-corrected chi connectivity index (χ4v) is 17.2. The second kappa shape index (κ2) is 40.0. The molecular weight excluding hydrogens is 1780 g/mol. The molecule has 41 nitrogen and oxygen atoms in total. The number of phenols is 1. The minimum Gasteiger partial charge on any atom is -0.507 e. The first kappa shape index (κ1) is 94.9. The quantitative estimate of drug-likeness (QED) is 0.00976. The fraction of sp³-hybridized carbons (Fsp3) is 0.284. The number of carbonyl (C=O) groups is 15. The molecule has 0 saturated carbocycles. The number of halogens is 1. The Hall–Kier alpha value is -16.8. The van der Waals surface area contributed by atoms with Crippen LogP contribution in [0.1, 0.15) is 201 Å². The number of aromatic hydroxyl groups is 1. The van der Waals surface area contributed by atoms with E-state index in [0.29, 0.717) is 79.9 Å². The highest BCUT2D eigenvalue weighted by Gasteiger charge is 2.37. The van der Waals surface area contributed by atoms with Gasteiger partial charge in [-0.2, -0.15) is 0 Å². The second-order valence-corrected chi connectivity index (χ2v) is 34.4. The van der Waals surface area contributed by atoms with E-state index in [1.807, 2.05) is 42.5 Å². The number of aromatic amines is 1. The number of amides is 9. The number of nitrogens with one attached hydrogen (secondary N) is 9. The van der Waals surface area contributed by atoms with Crippen LogP contribution in [-0.2, 0) is 122 Å². The number of fused-ring (bicyclic) bond motifs is 4. The van der Waals surface area contributed by atoms with Gasteiger partial charge in [0, 0.05) is 245 Å². The number of Topliss-reactive ketones (excluding diaryl/α,β-unsaturated/α-hetero) is 6. The van der Waals surface area contributed by atoms with Gasteiger partial charge >= 0.3 is 0 Å². The molecule has 3 aromatic carbocycles. The SMILES string of the molecule is CC(=O)Nc1cn(C)c(C(=O)Nc2cc(C(=O)NCCC(=O)Nc3cn(C)c(C(=O)Nc4cn(C)c(C(=O)Nc5cc(C(=O)Nc6cn(C)c(C(=O)NCCCC(=O)Cc7cc(C(=O)Cc8cn(C)c(C(=O)CCCC(=O)Cc9cc(C(=O)Cc%10cc(C(=O)Cc%11ccc%12[nH]c(C(=O)N%13CC(CCl)c%14c%13cc(O)c%13ccccc%14%13)cc%12c%11)n(C)c%10)n(C)c9)n8)n(C)c7)n6)n(C)c5)n4)n3)n(C)c2)n1. The third-order valence-corrected chi connectivity index (χ3v) is 23.7. The van der Waals surface area contributed by atoms with E-state index in [0.717, 1.165) is 21.9 Å². The number of phenolic OH excluding ortho intramolecular Hbond substituents is 1. The summed E-state index contributed by atoms with van der Waals surface area (Å²) in [5.74, 6) is -5.89. The molecule has 0 aliphatic carbocycles. The monoisotopic (exact) mass is 1880 g/mol. The van der Waals surface area contributed by atoms with Gasteiger partial charge in [-0.3, -0.25) is 71.9 Å². The van der Waals surface area contributed by atoms with Gasteiger partial charge in [0.15, 0.2) is 52.2 Å². The van der Waals surface area contributed by atoms with Gasteiger partial charge in [0.25, 0.3) is 41.4 Å². The number of aryl methyl sites for hydroxylation is 10. The normalized spacial score (nSPS) is 12.3. The van der Waals surface area contributed by atoms with E-state index in [4.69, 9.17) is 11.6 Å². The van der Waals surface area contributed by atoms with Crippen LogP contribution in [-0.4, -0.2) is 194 Å². The summed E-state index contributed by atoms with van der Waals surface area (Å²) in [6.07, 6.45) is 15.9. The van der Waals surface area contributed by atoms with Crippen LogP contribution in [0.2, 0.25) is 0 Å². The third kappa shape index (κ3) is 21.5. The molecule has 137 heavy (non-hydrogen) atoms. The number of rotatable bonds is 39. The summed E-state index contributed by atoms with van der Waals surface area (Å²) >= 11 is 6.45. The Morgan fingerprint density at radius 3 is 1.42 bits per heavy atom. The van der Waals surface area contributed by atoms with Crippen molar-refractivity contribution in [2.24, 2.45) is 70.5 Å². The van der Waals surface area contributed by atoms with Crippen molar-refractivity contribution in [2.75, 3.05) is 62.3 Å². The first-order valence-electron chi connectivity index (χ1n) is 43.6. The average Bonchev–Trinajstić information content (AvgIpc) is 1.59. The van der Waals surface area contributed by atoms with Gasteiger partial charge < -0.3 is 103 Å². The summed E-state index contributed by atoms with van der Waals surface area (Å²) < 4.78 is 15.0. The Labute approximate surface area is 786 Å². The lowest BCUT2D eigenvalue weighted by atomic mass is 9.95. The third-order valence-electron chi connectivity index (χ3n) is 23.4. The van der Waals surface area contributed by atoms with E-state index in [1.54, 1.807) is 135 Å². The summed E-state index contributed by atoms with van der Waals surface area (Å²) in [7, 11) is 16.2. The van der Waals surface area contributed by atoms with Gasteiger partial charge in [-0.1, -0.05) is 30.3 Å². The van der Waals surface area contributed by atoms with Gasteiger partial charge in [-0.15, -0.1) is 11.6 Å². The zero-order valence-electron chi connectivity index (χ0n) is 76.6. The molecule has 42 heteroatoms. The summed E-state index contributed by atoms with van der Waals surface area (Å²) in [5.41, 5.74) is 7.41. The lowest BCUT2D eigenvalue weighted by molar-refractivity contribution is -0.119. The molecule has 0 spiro atoms. The number of H-pyrrole nitrogens is 1. The second-order valence-electron chi connectivity index (χ2n) is 34.1. The van der Waals surface area contributed by atoms with E-state index in [-0.39, 0.29) is 211 Å². The Bertz CT molecular complexity index is 7280. The minimum atomic E-state index is -0.734. The van der Waals surface area contributed by atoms with Crippen molar-refractivity contribution in [3.63, 3.8) is 0 Å². The van der Waals surface area contributed by atoms with E-state index in [1.165, 1.54) is 97.7 Å². The van der Waals surface area contributed by atoms with E-state index >= 15 is 0 Å². The molecule has 1 aliphatic rings. The maximum Gasteiger partial charge on any atom is 0.292 e. The molecule has 9 amide bonds. The van der Waals surface area contributed by atoms with Crippen LogP contribution in [0.4, 0.5) is 40.3 Å². The predicted octanol–water partition coefficient (Wildman–Crippen LogP) is 8.86. The number of carbonyl (C=O) groups excluding carboxylic acids is 15. The van der Waals surface area contributed by atoms with Gasteiger partial charge in [0.2, 0.25) is 35.1 Å². The van der Waals surface area contributed by atoms with Gasteiger partial charge in [-0.25, -0.2) is 24.9 Å². The number of benzene rings is 3. The van der Waals surface area contributed by atoms with Gasteiger partial charge in [0.05, 0.1) is 46.3 Å². The number of alkyl halides is 1. The standard InChI is InChI=1S/C95H98ClN25O16/c1-51(122)99-78-47-118(9)86(105-78)92(134)101-58-35-71(114(5)44-58)89(131)98-25-23-82(130)104-79-48-119(10)88(106-79)94(136)110-81-50-120(11)87(108-81)93(135)102-59-36-72(115(6)45-59)90(132)109-80-49-117(8)85(107-80)91(133)97-24-15-17-62(124)28-54-30-69(112(3)41-54)77(129)37-60-46-116(7)84(100-60)73(125)20-14-16-61(123)27-53-29-67(111(2)40-53)76(128)33-55-31-68(113(4)42-55)75(127)32-52-21-22-65-56(26-52)34-66(103-65)95(137)121-43-57(39-96)83-64-19-13-12-18-63(64)74(126)38-70(83)121/h12-13,18-19,21-22,26,29-31,34-36,38,40-42,44-50,57,103,126H,14-17,20,23-25,27-28,32-33,37,39,43H2,1-11H3,(H,97,133)(H,98,131)(H,99,122)(H,101,134)(H,102,135)(H,104,130)(H,109,132)(H,110,136). The Morgan fingerprint density at radius 2 is 0.869 bits per heavy atom. The van der Waals surface area contributed by atoms with Crippen LogP contribution in [0.5, 0.6) is 5.75 Å². The minimum absolute atomic E-state index is 0.00329. The number of ketones is 6. The molecule has 11 aromatic heterocycles. The van der Waals surface area contributed by atoms with Crippen LogP contribution < -0.4 is 47.4 Å². The van der Waals surface area contributed by atoms with Crippen molar-refractivity contribution in [1.29, 1.82) is 0 Å². The van der Waals surface area contributed by atoms with E-state index < -0.39 is 41.4 Å². The Morgan fingerprint density at radius 1 is 0.401 bits per heavy atom. The molecule has 706 valence electrons. The molecule has 0 bridgehead atoms. The molecule has 12 heterocycles. The molecule has 0 radical (unpaired) electrons. The molecule has 10 N–H and O–H groups in total. The summed E-state index contributed by atoms with van der Waals surface area (Å²) in [6, 6.07) is 24.3. The number of aromatic nitrogens is 16. The molecule has 1 aliphatic heterocycles. The van der Waals surface area contributed by atoms with Crippen molar-refractivity contribution < 1.29 is 77.0 Å². The lowest BCUT2D eigenvalue weighted by Gasteiger charge is -2.17. The fourth-order valence-electron chi connectivity index (χ4n) is 16.9.